The van der Waals surface area contributed by atoms with Crippen LogP contribution in [0.5, 0.6) is 0 Å². The van der Waals surface area contributed by atoms with E-state index in [4.69, 9.17) is 0 Å². The highest BCUT2D eigenvalue weighted by Gasteiger charge is 2.16. The van der Waals surface area contributed by atoms with Gasteiger partial charge in [0.05, 0.1) is 0 Å². The SMILES string of the molecule is CNC(Cc1ccc2c(c1)CCC2)c1sccc1Br. The van der Waals surface area contributed by atoms with E-state index in [2.05, 4.69) is 50.9 Å². The Balaban J connectivity index is 1.81. The summed E-state index contributed by atoms with van der Waals surface area (Å²) in [6.07, 6.45) is 4.91. The minimum Gasteiger partial charge on any atom is -0.312 e. The molecule has 0 aliphatic heterocycles. The summed E-state index contributed by atoms with van der Waals surface area (Å²) in [5.41, 5.74) is 4.57. The maximum atomic E-state index is 3.64. The van der Waals surface area contributed by atoms with Gasteiger partial charge in [-0.15, -0.1) is 11.3 Å². The van der Waals surface area contributed by atoms with Crippen LogP contribution in [0.25, 0.3) is 0 Å². The third kappa shape index (κ3) is 2.78. The van der Waals surface area contributed by atoms with Crippen molar-refractivity contribution < 1.29 is 0 Å². The minimum atomic E-state index is 0.397. The van der Waals surface area contributed by atoms with Crippen LogP contribution in [-0.2, 0) is 19.3 Å². The maximum Gasteiger partial charge on any atom is 0.0464 e. The standard InChI is InChI=1S/C16H18BrNS/c1-18-15(16-14(17)7-8-19-16)10-11-5-6-12-3-2-4-13(12)9-11/h5-9,15,18H,2-4,10H2,1H3. The molecule has 0 amide bonds. The molecule has 2 aromatic rings. The van der Waals surface area contributed by atoms with Crippen LogP contribution in [0.3, 0.4) is 0 Å². The second-order valence-electron chi connectivity index (χ2n) is 5.13. The summed E-state index contributed by atoms with van der Waals surface area (Å²) < 4.78 is 1.22. The van der Waals surface area contributed by atoms with Crippen molar-refractivity contribution in [3.63, 3.8) is 0 Å². The molecule has 1 nitrogen and oxygen atoms in total. The van der Waals surface area contributed by atoms with Gasteiger partial charge in [0, 0.05) is 15.4 Å². The number of aryl methyl sites for hydroxylation is 2. The Labute approximate surface area is 127 Å². The van der Waals surface area contributed by atoms with Gasteiger partial charge < -0.3 is 5.32 Å². The fraction of sp³-hybridized carbons (Fsp3) is 0.375. The van der Waals surface area contributed by atoms with Gasteiger partial charge in [-0.3, -0.25) is 0 Å². The van der Waals surface area contributed by atoms with Crippen LogP contribution in [0.4, 0.5) is 0 Å². The van der Waals surface area contributed by atoms with E-state index in [9.17, 15) is 0 Å². The van der Waals surface area contributed by atoms with E-state index in [1.165, 1.54) is 34.2 Å². The zero-order valence-electron chi connectivity index (χ0n) is 11.1. The van der Waals surface area contributed by atoms with E-state index in [1.54, 1.807) is 11.1 Å². The lowest BCUT2D eigenvalue weighted by atomic mass is 10.0. The van der Waals surface area contributed by atoms with Crippen LogP contribution >= 0.6 is 27.3 Å². The number of halogens is 1. The molecule has 100 valence electrons. The first-order valence-electron chi connectivity index (χ1n) is 6.79. The number of hydrogen-bond donors (Lipinski definition) is 1. The molecule has 1 aromatic heterocycles. The summed E-state index contributed by atoms with van der Waals surface area (Å²) >= 11 is 5.46. The molecular formula is C16H18BrNS. The van der Waals surface area contributed by atoms with Crippen LogP contribution in [0, 0.1) is 0 Å². The van der Waals surface area contributed by atoms with Crippen molar-refractivity contribution in [3.05, 3.63) is 55.7 Å². The Morgan fingerprint density at radius 3 is 2.84 bits per heavy atom. The predicted molar refractivity (Wildman–Crippen MR) is 86.0 cm³/mol. The lowest BCUT2D eigenvalue weighted by Gasteiger charge is -2.16. The lowest BCUT2D eigenvalue weighted by molar-refractivity contribution is 0.600. The molecule has 19 heavy (non-hydrogen) atoms. The van der Waals surface area contributed by atoms with Gasteiger partial charge in [0.25, 0.3) is 0 Å². The molecule has 3 rings (SSSR count). The molecular weight excluding hydrogens is 318 g/mol. The molecule has 1 aliphatic carbocycles. The molecule has 1 aromatic carbocycles. The number of rotatable bonds is 4. The minimum absolute atomic E-state index is 0.397. The predicted octanol–water partition coefficient (Wildman–Crippen LogP) is 4.50. The van der Waals surface area contributed by atoms with Crippen molar-refractivity contribution in [2.75, 3.05) is 7.05 Å². The first-order valence-corrected chi connectivity index (χ1v) is 8.46. The second kappa shape index (κ2) is 5.78. The summed E-state index contributed by atoms with van der Waals surface area (Å²) in [7, 11) is 2.05. The Hall–Kier alpha value is -0.640. The van der Waals surface area contributed by atoms with Crippen LogP contribution < -0.4 is 5.32 Å². The maximum absolute atomic E-state index is 3.64. The molecule has 0 saturated carbocycles. The zero-order chi connectivity index (χ0) is 13.2. The molecule has 0 radical (unpaired) electrons. The van der Waals surface area contributed by atoms with Crippen LogP contribution in [0.2, 0.25) is 0 Å². The number of thiophene rings is 1. The Bertz CT molecular complexity index is 576. The number of hydrogen-bond acceptors (Lipinski definition) is 2. The highest BCUT2D eigenvalue weighted by atomic mass is 79.9. The number of fused-ring (bicyclic) bond motifs is 1. The molecule has 1 N–H and O–H groups in total. The van der Waals surface area contributed by atoms with E-state index < -0.39 is 0 Å². The monoisotopic (exact) mass is 335 g/mol. The average molecular weight is 336 g/mol. The van der Waals surface area contributed by atoms with Crippen LogP contribution in [0.1, 0.15) is 34.0 Å². The molecule has 1 heterocycles. The summed E-state index contributed by atoms with van der Waals surface area (Å²) in [6, 6.07) is 9.57. The molecule has 1 aliphatic rings. The quantitative estimate of drug-likeness (QED) is 0.867. The van der Waals surface area contributed by atoms with Crippen molar-refractivity contribution in [1.29, 1.82) is 0 Å². The van der Waals surface area contributed by atoms with Gasteiger partial charge in [0.1, 0.15) is 0 Å². The second-order valence-corrected chi connectivity index (χ2v) is 6.94. The topological polar surface area (TPSA) is 12.0 Å². The van der Waals surface area contributed by atoms with Gasteiger partial charge >= 0.3 is 0 Å². The number of benzene rings is 1. The molecule has 1 unspecified atom stereocenters. The first kappa shape index (κ1) is 13.3. The van der Waals surface area contributed by atoms with E-state index in [-0.39, 0.29) is 0 Å². The van der Waals surface area contributed by atoms with Crippen molar-refractivity contribution in [2.45, 2.75) is 31.7 Å². The van der Waals surface area contributed by atoms with E-state index >= 15 is 0 Å². The molecule has 0 fully saturated rings. The van der Waals surface area contributed by atoms with E-state index in [0.29, 0.717) is 6.04 Å². The third-order valence-electron chi connectivity index (χ3n) is 3.91. The summed E-state index contributed by atoms with van der Waals surface area (Å²) in [4.78, 5) is 1.39. The normalized spacial score (nSPS) is 15.5. The molecule has 3 heteroatoms. The smallest absolute Gasteiger partial charge is 0.0464 e. The molecule has 0 bridgehead atoms. The van der Waals surface area contributed by atoms with Gasteiger partial charge in [-0.05, 0) is 76.8 Å². The van der Waals surface area contributed by atoms with Crippen LogP contribution in [0.15, 0.2) is 34.1 Å². The molecule has 0 saturated heterocycles. The number of nitrogens with one attached hydrogen (secondary N) is 1. The van der Waals surface area contributed by atoms with Crippen LogP contribution in [-0.4, -0.2) is 7.05 Å². The molecule has 0 spiro atoms. The highest BCUT2D eigenvalue weighted by molar-refractivity contribution is 9.10. The number of likely N-dealkylation sites (N-methyl/N-ethyl adjacent to an activating group) is 1. The van der Waals surface area contributed by atoms with Crippen molar-refractivity contribution in [3.8, 4) is 0 Å². The lowest BCUT2D eigenvalue weighted by Crippen LogP contribution is -2.18. The van der Waals surface area contributed by atoms with Crippen molar-refractivity contribution >= 4 is 27.3 Å². The van der Waals surface area contributed by atoms with Crippen molar-refractivity contribution in [2.24, 2.45) is 0 Å². The van der Waals surface area contributed by atoms with E-state index in [1.807, 2.05) is 18.4 Å². The largest absolute Gasteiger partial charge is 0.312 e. The Kier molecular flexibility index (Phi) is 4.06. The van der Waals surface area contributed by atoms with Gasteiger partial charge in [-0.25, -0.2) is 0 Å². The van der Waals surface area contributed by atoms with Crippen molar-refractivity contribution in [1.82, 2.24) is 5.32 Å². The van der Waals surface area contributed by atoms with Gasteiger partial charge in [-0.1, -0.05) is 18.2 Å². The third-order valence-corrected chi connectivity index (χ3v) is 5.90. The Morgan fingerprint density at radius 1 is 1.26 bits per heavy atom. The Morgan fingerprint density at radius 2 is 2.11 bits per heavy atom. The fourth-order valence-corrected chi connectivity index (χ4v) is 4.63. The van der Waals surface area contributed by atoms with Gasteiger partial charge in [0.15, 0.2) is 0 Å². The zero-order valence-corrected chi connectivity index (χ0v) is 13.5. The fourth-order valence-electron chi connectivity index (χ4n) is 2.87. The average Bonchev–Trinajstić information content (AvgIpc) is 3.04. The summed E-state index contributed by atoms with van der Waals surface area (Å²) in [5.74, 6) is 0. The van der Waals surface area contributed by atoms with Gasteiger partial charge in [0.2, 0.25) is 0 Å². The van der Waals surface area contributed by atoms with Gasteiger partial charge in [-0.2, -0.15) is 0 Å². The van der Waals surface area contributed by atoms with E-state index in [0.717, 1.165) is 6.42 Å². The summed E-state index contributed by atoms with van der Waals surface area (Å²) in [5, 5.41) is 5.59. The summed E-state index contributed by atoms with van der Waals surface area (Å²) in [6.45, 7) is 0. The first-order chi connectivity index (χ1) is 9.28. The molecule has 1 atom stereocenters. The highest BCUT2D eigenvalue weighted by Crippen LogP contribution is 2.32.